The van der Waals surface area contributed by atoms with Crippen molar-refractivity contribution in [3.8, 4) is 0 Å². The third-order valence-corrected chi connectivity index (χ3v) is 5.40. The number of carboxylic acids is 2. The summed E-state index contributed by atoms with van der Waals surface area (Å²) in [6, 6.07) is 5.46. The van der Waals surface area contributed by atoms with Crippen LogP contribution in [0.5, 0.6) is 0 Å². The molecular weight excluding hydrogens is 404 g/mol. The first kappa shape index (κ1) is 25.6. The third-order valence-electron chi connectivity index (χ3n) is 5.40. The van der Waals surface area contributed by atoms with Gasteiger partial charge in [0.15, 0.2) is 0 Å². The summed E-state index contributed by atoms with van der Waals surface area (Å²) in [5.74, 6) is -3.21. The maximum Gasteiger partial charge on any atom is 0.311 e. The number of carboxylic acid groups (broad SMARTS) is 2. The SMILES string of the molecule is CCC(CC)(C(=O)O)C(CCC(=O)O)NC(=O)CCC(=O)Nc1ccc(C(=N)N)cc1. The summed E-state index contributed by atoms with van der Waals surface area (Å²) < 4.78 is 0. The van der Waals surface area contributed by atoms with E-state index in [1.54, 1.807) is 38.1 Å². The van der Waals surface area contributed by atoms with Gasteiger partial charge in [0, 0.05) is 36.6 Å². The number of rotatable bonds is 13. The number of nitrogens with one attached hydrogen (secondary N) is 3. The number of carbonyl (C=O) groups is 4. The lowest BCUT2D eigenvalue weighted by atomic mass is 9.73. The Morgan fingerprint density at radius 2 is 1.55 bits per heavy atom. The lowest BCUT2D eigenvalue weighted by Gasteiger charge is -2.36. The molecule has 2 amide bonds. The van der Waals surface area contributed by atoms with Gasteiger partial charge in [0.1, 0.15) is 5.84 Å². The smallest absolute Gasteiger partial charge is 0.311 e. The lowest BCUT2D eigenvalue weighted by molar-refractivity contribution is -0.153. The van der Waals surface area contributed by atoms with Crippen molar-refractivity contribution in [2.45, 2.75) is 58.4 Å². The first-order valence-corrected chi connectivity index (χ1v) is 10.0. The van der Waals surface area contributed by atoms with Crippen LogP contribution in [0.3, 0.4) is 0 Å². The van der Waals surface area contributed by atoms with Crippen molar-refractivity contribution in [3.63, 3.8) is 0 Å². The Bertz CT molecular complexity index is 818. The number of nitrogens with two attached hydrogens (primary N) is 1. The van der Waals surface area contributed by atoms with Crippen LogP contribution in [0, 0.1) is 10.8 Å². The van der Waals surface area contributed by atoms with Crippen molar-refractivity contribution in [2.75, 3.05) is 5.32 Å². The highest BCUT2D eigenvalue weighted by Crippen LogP contribution is 2.33. The zero-order chi connectivity index (χ0) is 23.6. The van der Waals surface area contributed by atoms with Crippen molar-refractivity contribution in [1.82, 2.24) is 5.32 Å². The van der Waals surface area contributed by atoms with Gasteiger partial charge in [-0.15, -0.1) is 0 Å². The Labute approximate surface area is 180 Å². The van der Waals surface area contributed by atoms with Crippen molar-refractivity contribution >= 4 is 35.3 Å². The highest BCUT2D eigenvalue weighted by Gasteiger charge is 2.43. The molecule has 10 nitrogen and oxygen atoms in total. The summed E-state index contributed by atoms with van der Waals surface area (Å²) in [7, 11) is 0. The summed E-state index contributed by atoms with van der Waals surface area (Å²) in [5, 5.41) is 31.3. The molecule has 10 heteroatoms. The Morgan fingerprint density at radius 3 is 2.00 bits per heavy atom. The van der Waals surface area contributed by atoms with Crippen LogP contribution >= 0.6 is 0 Å². The zero-order valence-corrected chi connectivity index (χ0v) is 17.7. The maximum atomic E-state index is 12.4. The molecule has 1 atom stereocenters. The van der Waals surface area contributed by atoms with E-state index in [-0.39, 0.29) is 44.4 Å². The minimum atomic E-state index is -1.29. The molecule has 0 heterocycles. The average Bonchev–Trinajstić information content (AvgIpc) is 2.71. The molecule has 1 aromatic carbocycles. The second kappa shape index (κ2) is 11.7. The molecule has 0 fully saturated rings. The number of carbonyl (C=O) groups excluding carboxylic acids is 2. The van der Waals surface area contributed by atoms with Crippen LogP contribution in [0.2, 0.25) is 0 Å². The van der Waals surface area contributed by atoms with E-state index in [1.165, 1.54) is 0 Å². The van der Waals surface area contributed by atoms with E-state index in [0.717, 1.165) is 0 Å². The van der Waals surface area contributed by atoms with E-state index < -0.39 is 35.2 Å². The van der Waals surface area contributed by atoms with Gasteiger partial charge in [0.25, 0.3) is 0 Å². The van der Waals surface area contributed by atoms with Gasteiger partial charge in [0.05, 0.1) is 5.41 Å². The first-order valence-electron chi connectivity index (χ1n) is 10.0. The molecule has 0 saturated heterocycles. The topological polar surface area (TPSA) is 183 Å². The molecule has 0 aliphatic carbocycles. The molecule has 0 bridgehead atoms. The molecule has 0 radical (unpaired) electrons. The molecule has 0 aliphatic heterocycles. The van der Waals surface area contributed by atoms with E-state index >= 15 is 0 Å². The van der Waals surface area contributed by atoms with Gasteiger partial charge in [-0.1, -0.05) is 13.8 Å². The van der Waals surface area contributed by atoms with Crippen LogP contribution in [0.1, 0.15) is 57.9 Å². The van der Waals surface area contributed by atoms with Gasteiger partial charge in [0.2, 0.25) is 11.8 Å². The van der Waals surface area contributed by atoms with Crippen LogP contribution < -0.4 is 16.4 Å². The molecule has 0 aliphatic rings. The van der Waals surface area contributed by atoms with Crippen LogP contribution in [0.15, 0.2) is 24.3 Å². The number of amides is 2. The van der Waals surface area contributed by atoms with Gasteiger partial charge in [-0.05, 0) is 43.5 Å². The molecule has 7 N–H and O–H groups in total. The third kappa shape index (κ3) is 7.40. The summed E-state index contributed by atoms with van der Waals surface area (Å²) in [5.41, 5.74) is 5.08. The fraction of sp³-hybridized carbons (Fsp3) is 0.476. The summed E-state index contributed by atoms with van der Waals surface area (Å²) in [6.07, 6.45) is -0.172. The molecular formula is C21H30N4O6. The van der Waals surface area contributed by atoms with E-state index in [9.17, 15) is 24.3 Å². The Balaban J connectivity index is 2.73. The number of anilines is 1. The Kier molecular flexibility index (Phi) is 9.65. The lowest BCUT2D eigenvalue weighted by Crippen LogP contribution is -2.52. The highest BCUT2D eigenvalue weighted by atomic mass is 16.4. The summed E-state index contributed by atoms with van der Waals surface area (Å²) in [4.78, 5) is 47.4. The predicted octanol–water partition coefficient (Wildman–Crippen LogP) is 1.93. The minimum absolute atomic E-state index is 0.0241. The van der Waals surface area contributed by atoms with Gasteiger partial charge in [-0.2, -0.15) is 0 Å². The Morgan fingerprint density at radius 1 is 1.00 bits per heavy atom. The molecule has 1 unspecified atom stereocenters. The van der Waals surface area contributed by atoms with Crippen LogP contribution in [-0.2, 0) is 19.2 Å². The van der Waals surface area contributed by atoms with E-state index in [2.05, 4.69) is 10.6 Å². The number of aliphatic carboxylic acids is 2. The Hall–Kier alpha value is -3.43. The van der Waals surface area contributed by atoms with Crippen LogP contribution in [0.25, 0.3) is 0 Å². The highest BCUT2D eigenvalue weighted by molar-refractivity contribution is 5.96. The number of hydrogen-bond donors (Lipinski definition) is 6. The second-order valence-corrected chi connectivity index (χ2v) is 7.26. The number of benzene rings is 1. The standard InChI is InChI=1S/C21H30N4O6/c1-3-21(4-2,20(30)31)15(9-12-18(28)29)25-17(27)11-10-16(26)24-14-7-5-13(6-8-14)19(22)23/h5-8,15H,3-4,9-12H2,1-2H3,(H3,22,23)(H,24,26)(H,25,27)(H,28,29)(H,30,31). The average molecular weight is 434 g/mol. The van der Waals surface area contributed by atoms with Gasteiger partial charge in [-0.25, -0.2) is 0 Å². The normalized spacial score (nSPS) is 11.9. The van der Waals surface area contributed by atoms with Crippen molar-refractivity contribution in [3.05, 3.63) is 29.8 Å². The second-order valence-electron chi connectivity index (χ2n) is 7.26. The molecule has 1 aromatic rings. The molecule has 170 valence electrons. The first-order chi connectivity index (χ1) is 14.5. The largest absolute Gasteiger partial charge is 0.481 e. The molecule has 0 aromatic heterocycles. The number of hydrogen-bond acceptors (Lipinski definition) is 5. The molecule has 0 saturated carbocycles. The fourth-order valence-corrected chi connectivity index (χ4v) is 3.40. The van der Waals surface area contributed by atoms with Crippen LogP contribution in [-0.4, -0.2) is 45.8 Å². The summed E-state index contributed by atoms with van der Waals surface area (Å²) >= 11 is 0. The molecule has 31 heavy (non-hydrogen) atoms. The fourth-order valence-electron chi connectivity index (χ4n) is 3.40. The monoisotopic (exact) mass is 434 g/mol. The van der Waals surface area contributed by atoms with Crippen molar-refractivity contribution < 1.29 is 29.4 Å². The number of nitrogen functional groups attached to an aromatic ring is 1. The number of amidine groups is 1. The van der Waals surface area contributed by atoms with Gasteiger partial charge >= 0.3 is 11.9 Å². The quantitative estimate of drug-likeness (QED) is 0.202. The van der Waals surface area contributed by atoms with Crippen LogP contribution in [0.4, 0.5) is 5.69 Å². The van der Waals surface area contributed by atoms with Crippen molar-refractivity contribution in [2.24, 2.45) is 11.1 Å². The van der Waals surface area contributed by atoms with Gasteiger partial charge in [-0.3, -0.25) is 24.6 Å². The minimum Gasteiger partial charge on any atom is -0.481 e. The van der Waals surface area contributed by atoms with Crippen molar-refractivity contribution in [1.29, 1.82) is 5.41 Å². The van der Waals surface area contributed by atoms with E-state index in [4.69, 9.17) is 16.2 Å². The summed E-state index contributed by atoms with van der Waals surface area (Å²) in [6.45, 7) is 3.37. The molecule has 0 spiro atoms. The van der Waals surface area contributed by atoms with E-state index in [0.29, 0.717) is 11.3 Å². The molecule has 1 rings (SSSR count). The zero-order valence-electron chi connectivity index (χ0n) is 17.7. The van der Waals surface area contributed by atoms with Gasteiger partial charge < -0.3 is 26.6 Å². The maximum absolute atomic E-state index is 12.4. The van der Waals surface area contributed by atoms with E-state index in [1.807, 2.05) is 0 Å². The predicted molar refractivity (Wildman–Crippen MR) is 115 cm³/mol.